The van der Waals surface area contributed by atoms with Crippen LogP contribution in [0.4, 0.5) is 5.69 Å². The lowest BCUT2D eigenvalue weighted by Crippen LogP contribution is -2.04. The molecule has 0 bridgehead atoms. The van der Waals surface area contributed by atoms with Crippen LogP contribution in [0, 0.1) is 0 Å². The van der Waals surface area contributed by atoms with E-state index >= 15 is 0 Å². The zero-order valence-corrected chi connectivity index (χ0v) is 11.1. The molecule has 0 radical (unpaired) electrons. The third-order valence-electron chi connectivity index (χ3n) is 3.64. The molecule has 0 fully saturated rings. The minimum atomic E-state index is 0.371. The first-order valence-electron chi connectivity index (χ1n) is 6.38. The van der Waals surface area contributed by atoms with Gasteiger partial charge in [0.25, 0.3) is 0 Å². The molecule has 19 heavy (non-hydrogen) atoms. The third-order valence-corrected chi connectivity index (χ3v) is 3.64. The second-order valence-electron chi connectivity index (χ2n) is 4.64. The van der Waals surface area contributed by atoms with Crippen molar-refractivity contribution in [3.63, 3.8) is 0 Å². The summed E-state index contributed by atoms with van der Waals surface area (Å²) in [6.07, 6.45) is 0. The molecular formula is C16H17NO2. The molecule has 1 aliphatic rings. The number of methoxy groups -OCH3 is 2. The lowest BCUT2D eigenvalue weighted by molar-refractivity contribution is 0.354. The van der Waals surface area contributed by atoms with E-state index in [0.29, 0.717) is 5.92 Å². The van der Waals surface area contributed by atoms with Crippen molar-refractivity contribution in [2.45, 2.75) is 5.92 Å². The highest BCUT2D eigenvalue weighted by Crippen LogP contribution is 2.38. The molecule has 0 spiro atoms. The average molecular weight is 255 g/mol. The Hall–Kier alpha value is -2.16. The standard InChI is InChI=1S/C16H17NO2/c1-18-15-8-7-11(9-16(15)19-2)13-10-17-14-6-4-3-5-12(13)14/h3-9,13,17H,10H2,1-2H3. The molecule has 0 saturated carbocycles. The smallest absolute Gasteiger partial charge is 0.161 e. The van der Waals surface area contributed by atoms with Crippen LogP contribution in [0.5, 0.6) is 11.5 Å². The van der Waals surface area contributed by atoms with Gasteiger partial charge in [0.1, 0.15) is 0 Å². The van der Waals surface area contributed by atoms with Gasteiger partial charge >= 0.3 is 0 Å². The minimum absolute atomic E-state index is 0.371. The van der Waals surface area contributed by atoms with Crippen molar-refractivity contribution in [1.29, 1.82) is 0 Å². The molecule has 0 amide bonds. The fourth-order valence-electron chi connectivity index (χ4n) is 2.65. The first-order chi connectivity index (χ1) is 9.33. The molecule has 1 N–H and O–H groups in total. The molecule has 0 saturated heterocycles. The molecule has 1 atom stereocenters. The Morgan fingerprint density at radius 3 is 2.58 bits per heavy atom. The summed E-state index contributed by atoms with van der Waals surface area (Å²) in [5.74, 6) is 1.92. The van der Waals surface area contributed by atoms with Gasteiger partial charge in [-0.05, 0) is 29.3 Å². The third kappa shape index (κ3) is 2.01. The van der Waals surface area contributed by atoms with Crippen molar-refractivity contribution in [1.82, 2.24) is 0 Å². The van der Waals surface area contributed by atoms with Crippen LogP contribution >= 0.6 is 0 Å². The lowest BCUT2D eigenvalue weighted by Gasteiger charge is -2.14. The van der Waals surface area contributed by atoms with Crippen LogP contribution in [-0.2, 0) is 0 Å². The van der Waals surface area contributed by atoms with Crippen molar-refractivity contribution in [2.24, 2.45) is 0 Å². The Kier molecular flexibility index (Phi) is 3.03. The summed E-state index contributed by atoms with van der Waals surface area (Å²) >= 11 is 0. The van der Waals surface area contributed by atoms with E-state index in [1.807, 2.05) is 6.07 Å². The Morgan fingerprint density at radius 2 is 1.79 bits per heavy atom. The van der Waals surface area contributed by atoms with E-state index in [1.54, 1.807) is 14.2 Å². The van der Waals surface area contributed by atoms with Crippen molar-refractivity contribution < 1.29 is 9.47 Å². The predicted octanol–water partition coefficient (Wildman–Crippen LogP) is 3.26. The van der Waals surface area contributed by atoms with Crippen LogP contribution in [-0.4, -0.2) is 20.8 Å². The van der Waals surface area contributed by atoms with Crippen LogP contribution < -0.4 is 14.8 Å². The van der Waals surface area contributed by atoms with Gasteiger partial charge < -0.3 is 14.8 Å². The molecule has 2 aromatic rings. The van der Waals surface area contributed by atoms with Crippen molar-refractivity contribution >= 4 is 5.69 Å². The summed E-state index contributed by atoms with van der Waals surface area (Å²) in [7, 11) is 3.33. The summed E-state index contributed by atoms with van der Waals surface area (Å²) in [5.41, 5.74) is 3.81. The monoisotopic (exact) mass is 255 g/mol. The van der Waals surface area contributed by atoms with Crippen LogP contribution in [0.3, 0.4) is 0 Å². The number of hydrogen-bond acceptors (Lipinski definition) is 3. The predicted molar refractivity (Wildman–Crippen MR) is 76.3 cm³/mol. The van der Waals surface area contributed by atoms with Gasteiger partial charge in [0.05, 0.1) is 14.2 Å². The number of ether oxygens (including phenoxy) is 2. The lowest BCUT2D eigenvalue weighted by atomic mass is 9.93. The zero-order valence-electron chi connectivity index (χ0n) is 11.1. The first kappa shape index (κ1) is 11.9. The van der Waals surface area contributed by atoms with E-state index in [-0.39, 0.29) is 0 Å². The number of fused-ring (bicyclic) bond motifs is 1. The van der Waals surface area contributed by atoms with Gasteiger partial charge in [-0.2, -0.15) is 0 Å². The molecule has 3 rings (SSSR count). The zero-order chi connectivity index (χ0) is 13.2. The minimum Gasteiger partial charge on any atom is -0.493 e. The second kappa shape index (κ2) is 4.84. The Bertz CT molecular complexity index is 595. The van der Waals surface area contributed by atoms with Gasteiger partial charge in [-0.1, -0.05) is 24.3 Å². The Morgan fingerprint density at radius 1 is 1.00 bits per heavy atom. The molecule has 3 nitrogen and oxygen atoms in total. The molecule has 0 aliphatic carbocycles. The second-order valence-corrected chi connectivity index (χ2v) is 4.64. The molecule has 2 aromatic carbocycles. The van der Waals surface area contributed by atoms with E-state index in [0.717, 1.165) is 18.0 Å². The maximum absolute atomic E-state index is 5.38. The van der Waals surface area contributed by atoms with Crippen LogP contribution in [0.2, 0.25) is 0 Å². The van der Waals surface area contributed by atoms with E-state index in [4.69, 9.17) is 9.47 Å². The van der Waals surface area contributed by atoms with E-state index in [1.165, 1.54) is 16.8 Å². The maximum Gasteiger partial charge on any atom is 0.161 e. The van der Waals surface area contributed by atoms with Crippen molar-refractivity contribution in [2.75, 3.05) is 26.1 Å². The maximum atomic E-state index is 5.38. The van der Waals surface area contributed by atoms with E-state index < -0.39 is 0 Å². The van der Waals surface area contributed by atoms with Gasteiger partial charge in [0.2, 0.25) is 0 Å². The van der Waals surface area contributed by atoms with Crippen LogP contribution in [0.25, 0.3) is 0 Å². The van der Waals surface area contributed by atoms with Gasteiger partial charge in [-0.15, -0.1) is 0 Å². The van der Waals surface area contributed by atoms with Gasteiger partial charge in [-0.25, -0.2) is 0 Å². The highest BCUT2D eigenvalue weighted by Gasteiger charge is 2.23. The number of rotatable bonds is 3. The number of para-hydroxylation sites is 1. The Balaban J connectivity index is 2.00. The number of anilines is 1. The first-order valence-corrected chi connectivity index (χ1v) is 6.38. The summed E-state index contributed by atoms with van der Waals surface area (Å²) in [6, 6.07) is 14.6. The summed E-state index contributed by atoms with van der Waals surface area (Å²) in [4.78, 5) is 0. The fraction of sp³-hybridized carbons (Fsp3) is 0.250. The van der Waals surface area contributed by atoms with Crippen molar-refractivity contribution in [3.05, 3.63) is 53.6 Å². The van der Waals surface area contributed by atoms with Gasteiger partial charge in [0.15, 0.2) is 11.5 Å². The van der Waals surface area contributed by atoms with E-state index in [2.05, 4.69) is 41.7 Å². The number of benzene rings is 2. The molecular weight excluding hydrogens is 238 g/mol. The molecule has 98 valence electrons. The molecule has 1 aliphatic heterocycles. The summed E-state index contributed by atoms with van der Waals surface area (Å²) < 4.78 is 10.7. The largest absolute Gasteiger partial charge is 0.493 e. The van der Waals surface area contributed by atoms with E-state index in [9.17, 15) is 0 Å². The highest BCUT2D eigenvalue weighted by molar-refractivity contribution is 5.61. The quantitative estimate of drug-likeness (QED) is 0.913. The number of nitrogens with one attached hydrogen (secondary N) is 1. The van der Waals surface area contributed by atoms with Gasteiger partial charge in [0, 0.05) is 18.2 Å². The summed E-state index contributed by atoms with van der Waals surface area (Å²) in [5, 5.41) is 3.44. The van der Waals surface area contributed by atoms with Crippen molar-refractivity contribution in [3.8, 4) is 11.5 Å². The number of hydrogen-bond donors (Lipinski definition) is 1. The normalized spacial score (nSPS) is 16.6. The topological polar surface area (TPSA) is 30.5 Å². The molecule has 1 unspecified atom stereocenters. The van der Waals surface area contributed by atoms with Crippen LogP contribution in [0.15, 0.2) is 42.5 Å². The molecule has 1 heterocycles. The Labute approximate surface area is 113 Å². The SMILES string of the molecule is COc1ccc(C2CNc3ccccc32)cc1OC. The fourth-order valence-corrected chi connectivity index (χ4v) is 2.65. The van der Waals surface area contributed by atoms with Crippen LogP contribution in [0.1, 0.15) is 17.0 Å². The molecule has 0 aromatic heterocycles. The highest BCUT2D eigenvalue weighted by atomic mass is 16.5. The molecule has 3 heteroatoms. The summed E-state index contributed by atoms with van der Waals surface area (Å²) in [6.45, 7) is 0.925. The van der Waals surface area contributed by atoms with Gasteiger partial charge in [-0.3, -0.25) is 0 Å². The average Bonchev–Trinajstić information content (AvgIpc) is 2.90.